The molecule has 1 N–H and O–H groups in total. The monoisotopic (exact) mass is 362 g/mol. The molecule has 0 bridgehead atoms. The van der Waals surface area contributed by atoms with Crippen LogP contribution in [0.15, 0.2) is 6.07 Å². The summed E-state index contributed by atoms with van der Waals surface area (Å²) in [6.45, 7) is 3.68. The summed E-state index contributed by atoms with van der Waals surface area (Å²) in [6.07, 6.45) is 9.60. The highest BCUT2D eigenvalue weighted by atomic mass is 32.2. The van der Waals surface area contributed by atoms with Crippen LogP contribution < -0.4 is 5.32 Å². The molecular weight excluding hydrogens is 332 g/mol. The highest BCUT2D eigenvalue weighted by molar-refractivity contribution is 7.99. The first kappa shape index (κ1) is 17.4. The molecule has 138 valence electrons. The molecule has 2 aliphatic carbocycles. The van der Waals surface area contributed by atoms with Crippen LogP contribution in [0.5, 0.6) is 0 Å². The van der Waals surface area contributed by atoms with Gasteiger partial charge in [0.05, 0.1) is 30.2 Å². The lowest BCUT2D eigenvalue weighted by Gasteiger charge is -2.36. The maximum absolute atomic E-state index is 11.9. The lowest BCUT2D eigenvalue weighted by atomic mass is 9.94. The third-order valence-corrected chi connectivity index (χ3v) is 6.89. The molecule has 3 aliphatic rings. The highest BCUT2D eigenvalue weighted by Gasteiger charge is 2.26. The van der Waals surface area contributed by atoms with E-state index in [1.165, 1.54) is 50.6 Å². The first-order valence-corrected chi connectivity index (χ1v) is 11.1. The molecule has 1 aliphatic heterocycles. The number of thioether (sulfide) groups is 1. The average Bonchev–Trinajstić information content (AvgIpc) is 3.37. The second-order valence-electron chi connectivity index (χ2n) is 7.85. The maximum atomic E-state index is 11.9. The molecule has 0 saturated heterocycles. The molecule has 5 nitrogen and oxygen atoms in total. The Morgan fingerprint density at radius 3 is 2.84 bits per heavy atom. The molecule has 0 aromatic carbocycles. The zero-order chi connectivity index (χ0) is 17.1. The van der Waals surface area contributed by atoms with Crippen molar-refractivity contribution in [3.05, 3.63) is 17.5 Å². The van der Waals surface area contributed by atoms with Crippen LogP contribution in [0.2, 0.25) is 0 Å². The van der Waals surface area contributed by atoms with E-state index in [-0.39, 0.29) is 5.91 Å². The molecule has 25 heavy (non-hydrogen) atoms. The molecule has 1 aromatic rings. The minimum Gasteiger partial charge on any atom is -0.350 e. The molecule has 1 amide bonds. The van der Waals surface area contributed by atoms with E-state index in [9.17, 15) is 4.79 Å². The summed E-state index contributed by atoms with van der Waals surface area (Å²) in [5, 5.41) is 7.72. The first-order valence-electron chi connectivity index (χ1n) is 9.92. The molecule has 0 atom stereocenters. The minimum atomic E-state index is 0.139. The lowest BCUT2D eigenvalue weighted by Crippen LogP contribution is -2.42. The van der Waals surface area contributed by atoms with Crippen LogP contribution >= 0.6 is 11.8 Å². The van der Waals surface area contributed by atoms with Crippen molar-refractivity contribution < 1.29 is 4.79 Å². The van der Waals surface area contributed by atoms with Crippen molar-refractivity contribution in [3.63, 3.8) is 0 Å². The summed E-state index contributed by atoms with van der Waals surface area (Å²) < 4.78 is 2.14. The fourth-order valence-electron chi connectivity index (χ4n) is 4.03. The van der Waals surface area contributed by atoms with Gasteiger partial charge in [-0.3, -0.25) is 14.4 Å². The fraction of sp³-hybridized carbons (Fsp3) is 0.789. The number of amides is 1. The van der Waals surface area contributed by atoms with Crippen LogP contribution in [0.4, 0.5) is 0 Å². The molecule has 4 rings (SSSR count). The molecule has 6 heteroatoms. The predicted molar refractivity (Wildman–Crippen MR) is 101 cm³/mol. The van der Waals surface area contributed by atoms with Gasteiger partial charge in [-0.2, -0.15) is 16.9 Å². The van der Waals surface area contributed by atoms with Gasteiger partial charge in [-0.15, -0.1) is 0 Å². The number of hydrogen-bond acceptors (Lipinski definition) is 4. The number of rotatable bonds is 7. The van der Waals surface area contributed by atoms with Gasteiger partial charge >= 0.3 is 0 Å². The van der Waals surface area contributed by atoms with E-state index in [1.54, 1.807) is 11.8 Å². The Bertz CT molecular complexity index is 592. The van der Waals surface area contributed by atoms with Gasteiger partial charge in [0.1, 0.15) is 0 Å². The van der Waals surface area contributed by atoms with Gasteiger partial charge in [0.2, 0.25) is 5.91 Å². The van der Waals surface area contributed by atoms with Crippen LogP contribution in [0.1, 0.15) is 56.3 Å². The van der Waals surface area contributed by atoms with E-state index in [2.05, 4.69) is 26.1 Å². The second kappa shape index (κ2) is 8.12. The van der Waals surface area contributed by atoms with E-state index < -0.39 is 0 Å². The van der Waals surface area contributed by atoms with Crippen molar-refractivity contribution >= 4 is 17.7 Å². The van der Waals surface area contributed by atoms with E-state index in [0.29, 0.717) is 12.3 Å². The second-order valence-corrected chi connectivity index (χ2v) is 8.88. The summed E-state index contributed by atoms with van der Waals surface area (Å²) in [5.74, 6) is 2.74. The van der Waals surface area contributed by atoms with Crippen molar-refractivity contribution in [1.29, 1.82) is 0 Å². The fourth-order valence-corrected chi connectivity index (χ4v) is 5.11. The Morgan fingerprint density at radius 1 is 1.20 bits per heavy atom. The van der Waals surface area contributed by atoms with E-state index in [4.69, 9.17) is 0 Å². The average molecular weight is 363 g/mol. The summed E-state index contributed by atoms with van der Waals surface area (Å²) >= 11 is 1.77. The Labute approximate surface area is 154 Å². The number of aromatic nitrogens is 2. The van der Waals surface area contributed by atoms with Crippen molar-refractivity contribution in [2.45, 2.75) is 70.6 Å². The van der Waals surface area contributed by atoms with Crippen molar-refractivity contribution in [3.8, 4) is 0 Å². The van der Waals surface area contributed by atoms with E-state index in [1.807, 2.05) is 0 Å². The molecule has 0 radical (unpaired) electrons. The number of carbonyl (C=O) groups excluding carboxylic acids is 1. The number of nitrogens with zero attached hydrogens (tertiary/aromatic N) is 3. The third kappa shape index (κ3) is 4.79. The largest absolute Gasteiger partial charge is 0.350 e. The zero-order valence-corrected chi connectivity index (χ0v) is 15.9. The van der Waals surface area contributed by atoms with Gasteiger partial charge < -0.3 is 5.32 Å². The Balaban J connectivity index is 1.24. The normalized spacial score (nSPS) is 21.9. The highest BCUT2D eigenvalue weighted by Crippen LogP contribution is 2.32. The van der Waals surface area contributed by atoms with Crippen molar-refractivity contribution in [2.24, 2.45) is 5.92 Å². The summed E-state index contributed by atoms with van der Waals surface area (Å²) in [5.41, 5.74) is 2.31. The molecule has 0 spiro atoms. The molecule has 1 aromatic heterocycles. The van der Waals surface area contributed by atoms with Crippen LogP contribution in [-0.4, -0.2) is 44.7 Å². The van der Waals surface area contributed by atoms with Crippen LogP contribution in [-0.2, 0) is 24.4 Å². The summed E-state index contributed by atoms with van der Waals surface area (Å²) in [4.78, 5) is 14.6. The Morgan fingerprint density at radius 2 is 2.04 bits per heavy atom. The standard InChI is InChI=1S/C19H30N4OS/c24-19(14-25-13-15-6-7-15)20-11-16-10-18-12-22(8-9-23(18)21-16)17-4-2-1-3-5-17/h10,15,17H,1-9,11-14H2,(H,20,24). The number of nitrogens with one attached hydrogen (secondary N) is 1. The third-order valence-electron chi connectivity index (χ3n) is 5.72. The van der Waals surface area contributed by atoms with Crippen molar-refractivity contribution in [2.75, 3.05) is 18.1 Å². The van der Waals surface area contributed by atoms with E-state index >= 15 is 0 Å². The number of fused-ring (bicyclic) bond motifs is 1. The predicted octanol–water partition coefficient (Wildman–Crippen LogP) is 2.79. The van der Waals surface area contributed by atoms with Gasteiger partial charge in [-0.1, -0.05) is 19.3 Å². The van der Waals surface area contributed by atoms with Crippen LogP contribution in [0.3, 0.4) is 0 Å². The minimum absolute atomic E-state index is 0.139. The smallest absolute Gasteiger partial charge is 0.230 e. The SMILES string of the molecule is O=C(CSCC1CC1)NCc1cc2n(n1)CCN(C1CCCCC1)C2. The molecule has 2 heterocycles. The lowest BCUT2D eigenvalue weighted by molar-refractivity contribution is -0.118. The van der Waals surface area contributed by atoms with Crippen LogP contribution in [0, 0.1) is 5.92 Å². The Kier molecular flexibility index (Phi) is 5.66. The van der Waals surface area contributed by atoms with Gasteiger partial charge in [0, 0.05) is 19.1 Å². The van der Waals surface area contributed by atoms with Gasteiger partial charge in [0.15, 0.2) is 0 Å². The maximum Gasteiger partial charge on any atom is 0.230 e. The van der Waals surface area contributed by atoms with Gasteiger partial charge in [0.25, 0.3) is 0 Å². The van der Waals surface area contributed by atoms with Gasteiger partial charge in [-0.05, 0) is 43.4 Å². The summed E-state index contributed by atoms with van der Waals surface area (Å²) in [6, 6.07) is 2.95. The molecular formula is C19H30N4OS. The molecule has 2 saturated carbocycles. The number of carbonyl (C=O) groups is 1. The van der Waals surface area contributed by atoms with E-state index in [0.717, 1.165) is 43.0 Å². The number of hydrogen-bond donors (Lipinski definition) is 1. The van der Waals surface area contributed by atoms with Crippen LogP contribution in [0.25, 0.3) is 0 Å². The summed E-state index contributed by atoms with van der Waals surface area (Å²) in [7, 11) is 0. The van der Waals surface area contributed by atoms with Gasteiger partial charge in [-0.25, -0.2) is 0 Å². The molecule has 2 fully saturated rings. The quantitative estimate of drug-likeness (QED) is 0.810. The topological polar surface area (TPSA) is 50.2 Å². The Hall–Kier alpha value is -1.01. The van der Waals surface area contributed by atoms with Crippen molar-refractivity contribution in [1.82, 2.24) is 20.0 Å². The molecule has 0 unspecified atom stereocenters. The zero-order valence-electron chi connectivity index (χ0n) is 15.1. The first-order chi connectivity index (χ1) is 12.3.